The standard InChI is InChI=1S/C29H33N3O3/c1-5-34-28(33)16-24-11-6-8-20(4)29(24)35-18-26-25-15-23(22-10-7-9-21(14-22)17-30)12-13-27(25)32(31-26)19(2)3/h6-15,19H,5,16-18,30H2,1-4H3. The number of aryl methyl sites for hydroxylation is 1. The molecule has 0 aliphatic rings. The Kier molecular flexibility index (Phi) is 7.51. The number of hydrogen-bond acceptors (Lipinski definition) is 5. The highest BCUT2D eigenvalue weighted by Crippen LogP contribution is 2.31. The maximum Gasteiger partial charge on any atom is 0.310 e. The van der Waals surface area contributed by atoms with Gasteiger partial charge in [-0.2, -0.15) is 5.10 Å². The third-order valence-corrected chi connectivity index (χ3v) is 6.05. The van der Waals surface area contributed by atoms with E-state index in [1.807, 2.05) is 48.9 Å². The molecule has 182 valence electrons. The van der Waals surface area contributed by atoms with Gasteiger partial charge in [0.2, 0.25) is 0 Å². The fourth-order valence-corrected chi connectivity index (χ4v) is 4.33. The van der Waals surface area contributed by atoms with Crippen LogP contribution in [0.1, 0.15) is 49.2 Å². The molecule has 0 fully saturated rings. The molecule has 1 aromatic heterocycles. The Balaban J connectivity index is 1.70. The molecule has 0 saturated carbocycles. The normalized spacial score (nSPS) is 11.3. The number of nitrogens with zero attached hydrogens (tertiary/aromatic N) is 2. The van der Waals surface area contributed by atoms with Crippen LogP contribution < -0.4 is 10.5 Å². The SMILES string of the molecule is CCOC(=O)Cc1cccc(C)c1OCc1nn(C(C)C)c2ccc(-c3cccc(CN)c3)cc12. The average Bonchev–Trinajstić information content (AvgIpc) is 3.22. The van der Waals surface area contributed by atoms with E-state index in [2.05, 4.69) is 44.2 Å². The Morgan fingerprint density at radius 2 is 1.83 bits per heavy atom. The molecule has 0 radical (unpaired) electrons. The van der Waals surface area contributed by atoms with Gasteiger partial charge in [-0.05, 0) is 68.1 Å². The highest BCUT2D eigenvalue weighted by atomic mass is 16.5. The molecule has 1 heterocycles. The van der Waals surface area contributed by atoms with E-state index in [1.54, 1.807) is 0 Å². The first-order valence-corrected chi connectivity index (χ1v) is 12.1. The molecule has 4 rings (SSSR count). The molecular formula is C29H33N3O3. The molecule has 0 aliphatic carbocycles. The monoisotopic (exact) mass is 471 g/mol. The molecule has 0 amide bonds. The van der Waals surface area contributed by atoms with E-state index in [9.17, 15) is 4.79 Å². The van der Waals surface area contributed by atoms with E-state index in [0.717, 1.165) is 44.4 Å². The summed E-state index contributed by atoms with van der Waals surface area (Å²) in [6.45, 7) is 9.19. The van der Waals surface area contributed by atoms with Gasteiger partial charge in [0.15, 0.2) is 0 Å². The predicted molar refractivity (Wildman–Crippen MR) is 139 cm³/mol. The van der Waals surface area contributed by atoms with Gasteiger partial charge in [-0.3, -0.25) is 9.48 Å². The topological polar surface area (TPSA) is 79.4 Å². The van der Waals surface area contributed by atoms with E-state index in [4.69, 9.17) is 20.3 Å². The minimum atomic E-state index is -0.262. The molecule has 6 heteroatoms. The van der Waals surface area contributed by atoms with Gasteiger partial charge in [0.05, 0.1) is 18.5 Å². The van der Waals surface area contributed by atoms with Crippen LogP contribution in [0.15, 0.2) is 60.7 Å². The molecular weight excluding hydrogens is 438 g/mol. The smallest absolute Gasteiger partial charge is 0.310 e. The molecule has 3 aromatic carbocycles. The van der Waals surface area contributed by atoms with Crippen molar-refractivity contribution in [2.45, 2.75) is 53.3 Å². The van der Waals surface area contributed by atoms with E-state index < -0.39 is 0 Å². The average molecular weight is 472 g/mol. The number of hydrogen-bond donors (Lipinski definition) is 1. The molecule has 4 aromatic rings. The van der Waals surface area contributed by atoms with Crippen LogP contribution in [0.25, 0.3) is 22.0 Å². The van der Waals surface area contributed by atoms with E-state index >= 15 is 0 Å². The van der Waals surface area contributed by atoms with Crippen molar-refractivity contribution in [1.82, 2.24) is 9.78 Å². The maximum atomic E-state index is 12.1. The molecule has 0 unspecified atom stereocenters. The summed E-state index contributed by atoms with van der Waals surface area (Å²) < 4.78 is 13.5. The summed E-state index contributed by atoms with van der Waals surface area (Å²) in [7, 11) is 0. The van der Waals surface area contributed by atoms with Crippen molar-refractivity contribution in [2.75, 3.05) is 6.61 Å². The van der Waals surface area contributed by atoms with Gasteiger partial charge in [0.25, 0.3) is 0 Å². The summed E-state index contributed by atoms with van der Waals surface area (Å²) in [6.07, 6.45) is 0.174. The lowest BCUT2D eigenvalue weighted by atomic mass is 10.0. The van der Waals surface area contributed by atoms with Crippen LogP contribution >= 0.6 is 0 Å². The van der Waals surface area contributed by atoms with Crippen LogP contribution in [0.4, 0.5) is 0 Å². The number of rotatable bonds is 9. The number of carbonyl (C=O) groups excluding carboxylic acids is 1. The van der Waals surface area contributed by atoms with Crippen LogP contribution in [0.3, 0.4) is 0 Å². The van der Waals surface area contributed by atoms with E-state index in [1.165, 1.54) is 0 Å². The molecule has 0 aliphatic heterocycles. The fourth-order valence-electron chi connectivity index (χ4n) is 4.33. The Morgan fingerprint density at radius 1 is 1.06 bits per heavy atom. The zero-order valence-corrected chi connectivity index (χ0v) is 20.9. The second-order valence-corrected chi connectivity index (χ2v) is 8.96. The zero-order chi connectivity index (χ0) is 24.9. The number of benzene rings is 3. The van der Waals surface area contributed by atoms with Crippen molar-refractivity contribution in [3.8, 4) is 16.9 Å². The molecule has 2 N–H and O–H groups in total. The lowest BCUT2D eigenvalue weighted by Crippen LogP contribution is -2.10. The summed E-state index contributed by atoms with van der Waals surface area (Å²) in [5.74, 6) is 0.446. The second kappa shape index (κ2) is 10.7. The van der Waals surface area contributed by atoms with Crippen LogP contribution in [0.5, 0.6) is 5.75 Å². The molecule has 0 atom stereocenters. The number of esters is 1. The van der Waals surface area contributed by atoms with Gasteiger partial charge >= 0.3 is 5.97 Å². The lowest BCUT2D eigenvalue weighted by Gasteiger charge is -2.13. The van der Waals surface area contributed by atoms with E-state index in [-0.39, 0.29) is 18.4 Å². The minimum Gasteiger partial charge on any atom is -0.487 e. The summed E-state index contributed by atoms with van der Waals surface area (Å²) >= 11 is 0. The number of nitrogens with two attached hydrogens (primary N) is 1. The first-order chi connectivity index (χ1) is 16.9. The maximum absolute atomic E-state index is 12.1. The van der Waals surface area contributed by atoms with Crippen molar-refractivity contribution in [3.05, 3.63) is 83.0 Å². The largest absolute Gasteiger partial charge is 0.487 e. The van der Waals surface area contributed by atoms with Gasteiger partial charge in [-0.1, -0.05) is 42.5 Å². The highest BCUT2D eigenvalue weighted by molar-refractivity contribution is 5.87. The Labute approximate surface area is 206 Å². The number of para-hydroxylation sites is 1. The minimum absolute atomic E-state index is 0.174. The third-order valence-electron chi connectivity index (χ3n) is 6.05. The Hall–Kier alpha value is -3.64. The number of aromatic nitrogens is 2. The Morgan fingerprint density at radius 3 is 2.57 bits per heavy atom. The van der Waals surface area contributed by atoms with Gasteiger partial charge in [-0.25, -0.2) is 0 Å². The highest BCUT2D eigenvalue weighted by Gasteiger charge is 2.17. The van der Waals surface area contributed by atoms with Crippen LogP contribution in [0, 0.1) is 6.92 Å². The van der Waals surface area contributed by atoms with Crippen LogP contribution in [0.2, 0.25) is 0 Å². The molecule has 35 heavy (non-hydrogen) atoms. The van der Waals surface area contributed by atoms with Crippen molar-refractivity contribution >= 4 is 16.9 Å². The van der Waals surface area contributed by atoms with Crippen LogP contribution in [-0.4, -0.2) is 22.4 Å². The summed E-state index contributed by atoms with van der Waals surface area (Å²) in [5, 5.41) is 5.95. The predicted octanol–water partition coefficient (Wildman–Crippen LogP) is 5.74. The van der Waals surface area contributed by atoms with Crippen molar-refractivity contribution < 1.29 is 14.3 Å². The lowest BCUT2D eigenvalue weighted by molar-refractivity contribution is -0.142. The fraction of sp³-hybridized carbons (Fsp3) is 0.310. The first kappa shape index (κ1) is 24.5. The molecule has 0 saturated heterocycles. The summed E-state index contributed by atoms with van der Waals surface area (Å²) in [6, 6.07) is 20.7. The quantitative estimate of drug-likeness (QED) is 0.315. The summed E-state index contributed by atoms with van der Waals surface area (Å²) in [4.78, 5) is 12.1. The van der Waals surface area contributed by atoms with Gasteiger partial charge < -0.3 is 15.2 Å². The van der Waals surface area contributed by atoms with Gasteiger partial charge in [-0.15, -0.1) is 0 Å². The third kappa shape index (κ3) is 5.38. The van der Waals surface area contributed by atoms with Crippen molar-refractivity contribution in [1.29, 1.82) is 0 Å². The van der Waals surface area contributed by atoms with Crippen LogP contribution in [-0.2, 0) is 29.1 Å². The Bertz CT molecular complexity index is 1340. The van der Waals surface area contributed by atoms with Crippen molar-refractivity contribution in [3.63, 3.8) is 0 Å². The number of carbonyl (C=O) groups is 1. The van der Waals surface area contributed by atoms with Gasteiger partial charge in [0, 0.05) is 23.5 Å². The number of fused-ring (bicyclic) bond motifs is 1. The molecule has 0 bridgehead atoms. The first-order valence-electron chi connectivity index (χ1n) is 12.1. The van der Waals surface area contributed by atoms with Crippen molar-refractivity contribution in [2.24, 2.45) is 5.73 Å². The second-order valence-electron chi connectivity index (χ2n) is 8.96. The molecule has 6 nitrogen and oxygen atoms in total. The zero-order valence-electron chi connectivity index (χ0n) is 20.9. The summed E-state index contributed by atoms with van der Waals surface area (Å²) in [5.41, 5.74) is 12.9. The molecule has 0 spiro atoms. The van der Waals surface area contributed by atoms with E-state index in [0.29, 0.717) is 25.5 Å². The van der Waals surface area contributed by atoms with Gasteiger partial charge in [0.1, 0.15) is 18.1 Å². The number of ether oxygens (including phenoxy) is 2.